The van der Waals surface area contributed by atoms with Gasteiger partial charge in [0.25, 0.3) is 0 Å². The zero-order valence-corrected chi connectivity index (χ0v) is 12.3. The maximum absolute atomic E-state index is 5.73. The Morgan fingerprint density at radius 3 is 2.50 bits per heavy atom. The van der Waals surface area contributed by atoms with E-state index in [9.17, 15) is 0 Å². The van der Waals surface area contributed by atoms with E-state index in [0.29, 0.717) is 12.4 Å². The largest absolute Gasteiger partial charge is 0.486 e. The highest BCUT2D eigenvalue weighted by Crippen LogP contribution is 2.14. The molecule has 0 aliphatic rings. The van der Waals surface area contributed by atoms with Crippen LogP contribution in [-0.4, -0.2) is 16.5 Å². The number of hydrogen-bond donors (Lipinski definition) is 1. The van der Waals surface area contributed by atoms with Gasteiger partial charge in [0, 0.05) is 18.3 Å². The Morgan fingerprint density at radius 2 is 1.85 bits per heavy atom. The molecule has 0 bridgehead atoms. The molecular weight excluding hydrogens is 250 g/mol. The Morgan fingerprint density at radius 1 is 1.10 bits per heavy atom. The first-order valence-corrected chi connectivity index (χ1v) is 7.01. The van der Waals surface area contributed by atoms with Gasteiger partial charge in [0.2, 0.25) is 0 Å². The number of nitrogens with one attached hydrogen (secondary N) is 1. The van der Waals surface area contributed by atoms with Crippen molar-refractivity contribution in [3.63, 3.8) is 0 Å². The molecule has 0 atom stereocenters. The summed E-state index contributed by atoms with van der Waals surface area (Å²) in [7, 11) is 0. The van der Waals surface area contributed by atoms with E-state index < -0.39 is 0 Å². The molecule has 4 heteroatoms. The van der Waals surface area contributed by atoms with Crippen molar-refractivity contribution >= 4 is 5.82 Å². The smallest absolute Gasteiger partial charge is 0.168 e. The second-order valence-electron chi connectivity index (χ2n) is 4.63. The molecule has 0 amide bonds. The molecule has 20 heavy (non-hydrogen) atoms. The third-order valence-electron chi connectivity index (χ3n) is 2.96. The van der Waals surface area contributed by atoms with Crippen LogP contribution in [0.3, 0.4) is 0 Å². The van der Waals surface area contributed by atoms with E-state index in [2.05, 4.69) is 34.3 Å². The van der Waals surface area contributed by atoms with Crippen molar-refractivity contribution in [2.24, 2.45) is 0 Å². The third kappa shape index (κ3) is 3.95. The number of anilines is 1. The number of rotatable bonds is 6. The van der Waals surface area contributed by atoms with E-state index in [0.717, 1.165) is 30.2 Å². The van der Waals surface area contributed by atoms with Crippen LogP contribution in [0.2, 0.25) is 0 Å². The van der Waals surface area contributed by atoms with Gasteiger partial charge < -0.3 is 10.1 Å². The average Bonchev–Trinajstić information content (AvgIpc) is 2.45. The van der Waals surface area contributed by atoms with Crippen LogP contribution in [0.1, 0.15) is 30.9 Å². The molecular formula is C16H21N3O. The van der Waals surface area contributed by atoms with E-state index in [1.165, 1.54) is 5.56 Å². The molecule has 0 spiro atoms. The Hall–Kier alpha value is -2.10. The predicted molar refractivity (Wildman–Crippen MR) is 81.1 cm³/mol. The van der Waals surface area contributed by atoms with Gasteiger partial charge >= 0.3 is 0 Å². The summed E-state index contributed by atoms with van der Waals surface area (Å²) >= 11 is 0. The Balaban J connectivity index is 2.02. The summed E-state index contributed by atoms with van der Waals surface area (Å²) in [5.74, 6) is 2.39. The van der Waals surface area contributed by atoms with E-state index in [-0.39, 0.29) is 0 Å². The monoisotopic (exact) mass is 271 g/mol. The van der Waals surface area contributed by atoms with Gasteiger partial charge in [0.05, 0.1) is 0 Å². The summed E-state index contributed by atoms with van der Waals surface area (Å²) in [6, 6.07) is 10.1. The Bertz CT molecular complexity index is 552. The minimum absolute atomic E-state index is 0.381. The zero-order valence-electron chi connectivity index (χ0n) is 12.3. The lowest BCUT2D eigenvalue weighted by atomic mass is 10.2. The van der Waals surface area contributed by atoms with E-state index in [1.807, 2.05) is 32.0 Å². The fourth-order valence-corrected chi connectivity index (χ4v) is 1.94. The highest BCUT2D eigenvalue weighted by Gasteiger charge is 2.03. The number of hydrogen-bond acceptors (Lipinski definition) is 4. The van der Waals surface area contributed by atoms with Crippen molar-refractivity contribution in [3.8, 4) is 5.75 Å². The number of nitrogens with zero attached hydrogens (tertiary/aromatic N) is 2. The second-order valence-corrected chi connectivity index (χ2v) is 4.63. The average molecular weight is 271 g/mol. The van der Waals surface area contributed by atoms with Crippen LogP contribution in [0, 0.1) is 6.92 Å². The predicted octanol–water partition coefficient (Wildman–Crippen LogP) is 3.36. The van der Waals surface area contributed by atoms with Crippen LogP contribution < -0.4 is 10.1 Å². The normalized spacial score (nSPS) is 10.3. The first-order chi connectivity index (χ1) is 9.71. The minimum atomic E-state index is 0.381. The molecule has 2 aromatic rings. The summed E-state index contributed by atoms with van der Waals surface area (Å²) in [4.78, 5) is 8.81. The topological polar surface area (TPSA) is 47.0 Å². The molecule has 2 rings (SSSR count). The van der Waals surface area contributed by atoms with Gasteiger partial charge in [-0.25, -0.2) is 9.97 Å². The van der Waals surface area contributed by atoms with Crippen LogP contribution in [0.15, 0.2) is 30.3 Å². The fraction of sp³-hybridized carbons (Fsp3) is 0.375. The molecule has 4 nitrogen and oxygen atoms in total. The summed E-state index contributed by atoms with van der Waals surface area (Å²) in [6.07, 6.45) is 1.04. The first-order valence-electron chi connectivity index (χ1n) is 7.01. The lowest BCUT2D eigenvalue weighted by Gasteiger charge is -2.09. The number of aryl methyl sites for hydroxylation is 2. The minimum Gasteiger partial charge on any atom is -0.486 e. The molecule has 1 aromatic heterocycles. The third-order valence-corrected chi connectivity index (χ3v) is 2.96. The lowest BCUT2D eigenvalue weighted by Crippen LogP contribution is -2.07. The molecule has 0 saturated heterocycles. The molecule has 0 saturated carbocycles. The maximum atomic E-state index is 5.73. The SMILES string of the molecule is CCNc1cc(C)nc(COc2ccc(CC)cc2)n1. The van der Waals surface area contributed by atoms with Crippen LogP contribution in [0.5, 0.6) is 5.75 Å². The second kappa shape index (κ2) is 6.89. The van der Waals surface area contributed by atoms with Crippen LogP contribution in [0.25, 0.3) is 0 Å². The Kier molecular flexibility index (Phi) is 4.93. The van der Waals surface area contributed by atoms with Gasteiger partial charge in [-0.2, -0.15) is 0 Å². The molecule has 0 aliphatic heterocycles. The first kappa shape index (κ1) is 14.3. The van der Waals surface area contributed by atoms with E-state index >= 15 is 0 Å². The van der Waals surface area contributed by atoms with Gasteiger partial charge in [-0.05, 0) is 38.0 Å². The van der Waals surface area contributed by atoms with Crippen molar-refractivity contribution in [1.82, 2.24) is 9.97 Å². The molecule has 1 heterocycles. The number of benzene rings is 1. The highest BCUT2D eigenvalue weighted by molar-refractivity contribution is 5.35. The molecule has 0 unspecified atom stereocenters. The van der Waals surface area contributed by atoms with Crippen LogP contribution >= 0.6 is 0 Å². The van der Waals surface area contributed by atoms with Crippen molar-refractivity contribution in [2.45, 2.75) is 33.8 Å². The lowest BCUT2D eigenvalue weighted by molar-refractivity contribution is 0.295. The number of aromatic nitrogens is 2. The standard InChI is InChI=1S/C16H21N3O/c1-4-13-6-8-14(9-7-13)20-11-16-18-12(3)10-15(19-16)17-5-2/h6-10H,4-5,11H2,1-3H3,(H,17,18,19). The highest BCUT2D eigenvalue weighted by atomic mass is 16.5. The summed E-state index contributed by atoms with van der Waals surface area (Å²) in [5, 5.41) is 3.20. The summed E-state index contributed by atoms with van der Waals surface area (Å²) in [5.41, 5.74) is 2.24. The summed E-state index contributed by atoms with van der Waals surface area (Å²) < 4.78 is 5.73. The van der Waals surface area contributed by atoms with E-state index in [1.54, 1.807) is 0 Å². The van der Waals surface area contributed by atoms with Gasteiger partial charge in [-0.15, -0.1) is 0 Å². The van der Waals surface area contributed by atoms with Crippen molar-refractivity contribution in [1.29, 1.82) is 0 Å². The maximum Gasteiger partial charge on any atom is 0.168 e. The van der Waals surface area contributed by atoms with Crippen LogP contribution in [0.4, 0.5) is 5.82 Å². The molecule has 0 radical (unpaired) electrons. The number of ether oxygens (including phenoxy) is 1. The Labute approximate surface area is 120 Å². The molecule has 1 aromatic carbocycles. The van der Waals surface area contributed by atoms with Gasteiger partial charge in [0.15, 0.2) is 5.82 Å². The summed E-state index contributed by atoms with van der Waals surface area (Å²) in [6.45, 7) is 7.37. The van der Waals surface area contributed by atoms with Crippen molar-refractivity contribution < 1.29 is 4.74 Å². The van der Waals surface area contributed by atoms with E-state index in [4.69, 9.17) is 4.74 Å². The van der Waals surface area contributed by atoms with Gasteiger partial charge in [-0.1, -0.05) is 19.1 Å². The van der Waals surface area contributed by atoms with Crippen LogP contribution in [-0.2, 0) is 13.0 Å². The molecule has 106 valence electrons. The quantitative estimate of drug-likeness (QED) is 0.875. The zero-order chi connectivity index (χ0) is 14.4. The molecule has 1 N–H and O–H groups in total. The van der Waals surface area contributed by atoms with Crippen molar-refractivity contribution in [3.05, 3.63) is 47.4 Å². The fourth-order valence-electron chi connectivity index (χ4n) is 1.94. The van der Waals surface area contributed by atoms with Gasteiger partial charge in [0.1, 0.15) is 18.2 Å². The molecule has 0 aliphatic carbocycles. The van der Waals surface area contributed by atoms with Crippen molar-refractivity contribution in [2.75, 3.05) is 11.9 Å². The van der Waals surface area contributed by atoms with Gasteiger partial charge in [-0.3, -0.25) is 0 Å². The molecule has 0 fully saturated rings.